The third kappa shape index (κ3) is 7.92. The van der Waals surface area contributed by atoms with Crippen molar-refractivity contribution >= 4 is 34.8 Å². The van der Waals surface area contributed by atoms with Gasteiger partial charge in [-0.15, -0.1) is 0 Å². The van der Waals surface area contributed by atoms with Crippen LogP contribution in [0, 0.1) is 0 Å². The largest absolute Gasteiger partial charge is 0.467 e. The number of hydrogen-bond acceptors (Lipinski definition) is 4. The second-order valence-corrected chi connectivity index (χ2v) is 6.92. The van der Waals surface area contributed by atoms with E-state index in [1.165, 1.54) is 12.8 Å². The smallest absolute Gasteiger partial charge is 0.251 e. The number of furan rings is 1. The van der Waals surface area contributed by atoms with Gasteiger partial charge in [0.2, 0.25) is 5.91 Å². The highest BCUT2D eigenvalue weighted by Crippen LogP contribution is 2.11. The van der Waals surface area contributed by atoms with Gasteiger partial charge in [-0.3, -0.25) is 9.59 Å². The second-order valence-electron chi connectivity index (χ2n) is 6.51. The zero-order valence-electron chi connectivity index (χ0n) is 16.1. The molecular weight excluding hydrogens is 374 g/mol. The summed E-state index contributed by atoms with van der Waals surface area (Å²) in [6, 6.07) is 10.5. The molecule has 2 amide bonds. The molecule has 0 spiro atoms. The molecule has 28 heavy (non-hydrogen) atoms. The van der Waals surface area contributed by atoms with Crippen molar-refractivity contribution in [2.45, 2.75) is 52.0 Å². The molecule has 150 valence electrons. The summed E-state index contributed by atoms with van der Waals surface area (Å²) in [6.07, 6.45) is 7.47. The van der Waals surface area contributed by atoms with Crippen LogP contribution in [0.5, 0.6) is 0 Å². The minimum absolute atomic E-state index is 0.0960. The highest BCUT2D eigenvalue weighted by molar-refractivity contribution is 7.80. The van der Waals surface area contributed by atoms with Crippen LogP contribution in [0.2, 0.25) is 0 Å². The van der Waals surface area contributed by atoms with E-state index < -0.39 is 0 Å². The van der Waals surface area contributed by atoms with Crippen LogP contribution in [-0.2, 0) is 11.3 Å². The zero-order valence-corrected chi connectivity index (χ0v) is 16.9. The Balaban J connectivity index is 1.77. The number of benzene rings is 1. The molecule has 1 aromatic heterocycles. The molecule has 0 unspecified atom stereocenters. The van der Waals surface area contributed by atoms with Crippen LogP contribution < -0.4 is 16.0 Å². The van der Waals surface area contributed by atoms with E-state index in [1.807, 2.05) is 0 Å². The number of amides is 2. The lowest BCUT2D eigenvalue weighted by molar-refractivity contribution is -0.119. The lowest BCUT2D eigenvalue weighted by Gasteiger charge is -2.11. The van der Waals surface area contributed by atoms with Crippen LogP contribution in [-0.4, -0.2) is 16.9 Å². The number of hydrogen-bond donors (Lipinski definition) is 3. The highest BCUT2D eigenvalue weighted by atomic mass is 32.1. The molecule has 2 rings (SSSR count). The van der Waals surface area contributed by atoms with Gasteiger partial charge in [0, 0.05) is 17.7 Å². The number of thiocarbonyl (C=S) groups is 1. The van der Waals surface area contributed by atoms with Gasteiger partial charge in [0.15, 0.2) is 5.11 Å². The predicted molar refractivity (Wildman–Crippen MR) is 114 cm³/mol. The fourth-order valence-corrected chi connectivity index (χ4v) is 2.89. The van der Waals surface area contributed by atoms with Crippen molar-refractivity contribution in [3.05, 3.63) is 54.0 Å². The summed E-state index contributed by atoms with van der Waals surface area (Å²) in [6.45, 7) is 2.48. The maximum atomic E-state index is 12.3. The number of unbranched alkanes of at least 4 members (excludes halogenated alkanes) is 4. The third-order valence-electron chi connectivity index (χ3n) is 4.15. The van der Waals surface area contributed by atoms with E-state index in [9.17, 15) is 9.59 Å². The summed E-state index contributed by atoms with van der Waals surface area (Å²) in [5.74, 6) is 0.365. The van der Waals surface area contributed by atoms with E-state index in [2.05, 4.69) is 22.9 Å². The minimum atomic E-state index is -0.220. The van der Waals surface area contributed by atoms with Crippen molar-refractivity contribution in [3.8, 4) is 0 Å². The van der Waals surface area contributed by atoms with Crippen LogP contribution in [0.25, 0.3) is 0 Å². The molecule has 0 bridgehead atoms. The van der Waals surface area contributed by atoms with Crippen molar-refractivity contribution in [2.24, 2.45) is 0 Å². The second kappa shape index (κ2) is 11.9. The first-order chi connectivity index (χ1) is 13.6. The molecule has 7 heteroatoms. The molecule has 0 fully saturated rings. The van der Waals surface area contributed by atoms with Crippen molar-refractivity contribution < 1.29 is 14.0 Å². The number of anilines is 1. The average Bonchev–Trinajstić information content (AvgIpc) is 3.19. The van der Waals surface area contributed by atoms with Crippen molar-refractivity contribution in [1.29, 1.82) is 0 Å². The predicted octanol–water partition coefficient (Wildman–Crippen LogP) is 4.38. The standard InChI is InChI=1S/C21H27N3O3S/c1-2-3-4-5-6-12-19(25)24-21(28)23-17-10-7-9-16(14-17)20(26)22-15-18-11-8-13-27-18/h7-11,13-14H,2-6,12,15H2,1H3,(H,22,26)(H2,23,24,25,28). The SMILES string of the molecule is CCCCCCCC(=O)NC(=S)Nc1cccc(C(=O)NCc2ccco2)c1. The molecule has 2 aromatic rings. The lowest BCUT2D eigenvalue weighted by Crippen LogP contribution is -2.34. The number of rotatable bonds is 10. The minimum Gasteiger partial charge on any atom is -0.467 e. The summed E-state index contributed by atoms with van der Waals surface area (Å²) in [5.41, 5.74) is 1.13. The first-order valence-corrected chi connectivity index (χ1v) is 10.0. The van der Waals surface area contributed by atoms with Gasteiger partial charge in [-0.25, -0.2) is 0 Å². The van der Waals surface area contributed by atoms with Gasteiger partial charge in [-0.05, 0) is 49.0 Å². The summed E-state index contributed by atoms with van der Waals surface area (Å²) < 4.78 is 5.20. The third-order valence-corrected chi connectivity index (χ3v) is 4.35. The van der Waals surface area contributed by atoms with E-state index in [0.717, 1.165) is 19.3 Å². The fourth-order valence-electron chi connectivity index (χ4n) is 2.66. The maximum absolute atomic E-state index is 12.3. The Morgan fingerprint density at radius 1 is 1.07 bits per heavy atom. The Morgan fingerprint density at radius 2 is 1.89 bits per heavy atom. The topological polar surface area (TPSA) is 83.4 Å². The molecule has 0 saturated carbocycles. The summed E-state index contributed by atoms with van der Waals surface area (Å²) in [4.78, 5) is 24.2. The summed E-state index contributed by atoms with van der Waals surface area (Å²) in [7, 11) is 0. The first-order valence-electron chi connectivity index (χ1n) is 9.60. The van der Waals surface area contributed by atoms with E-state index in [4.69, 9.17) is 16.6 Å². The maximum Gasteiger partial charge on any atom is 0.251 e. The Kier molecular flexibility index (Phi) is 9.21. The molecule has 3 N–H and O–H groups in total. The Hall–Kier alpha value is -2.67. The number of carbonyl (C=O) groups excluding carboxylic acids is 2. The lowest BCUT2D eigenvalue weighted by atomic mass is 10.1. The van der Waals surface area contributed by atoms with Crippen molar-refractivity contribution in [1.82, 2.24) is 10.6 Å². The molecule has 0 aliphatic rings. The molecule has 0 atom stereocenters. The Bertz CT molecular complexity index is 775. The number of carbonyl (C=O) groups is 2. The summed E-state index contributed by atoms with van der Waals surface area (Å²) in [5, 5.41) is 8.65. The molecule has 0 aliphatic heterocycles. The van der Waals surface area contributed by atoms with E-state index in [-0.39, 0.29) is 16.9 Å². The van der Waals surface area contributed by atoms with Gasteiger partial charge in [-0.1, -0.05) is 38.7 Å². The highest BCUT2D eigenvalue weighted by Gasteiger charge is 2.09. The monoisotopic (exact) mass is 401 g/mol. The van der Waals surface area contributed by atoms with Crippen LogP contribution in [0.4, 0.5) is 5.69 Å². The van der Waals surface area contributed by atoms with Crippen molar-refractivity contribution in [2.75, 3.05) is 5.32 Å². The van der Waals surface area contributed by atoms with Crippen LogP contribution in [0.3, 0.4) is 0 Å². The van der Waals surface area contributed by atoms with Gasteiger partial charge in [-0.2, -0.15) is 0 Å². The fraction of sp³-hybridized carbons (Fsp3) is 0.381. The van der Waals surface area contributed by atoms with Crippen LogP contribution >= 0.6 is 12.2 Å². The summed E-state index contributed by atoms with van der Waals surface area (Å²) >= 11 is 5.19. The Morgan fingerprint density at radius 3 is 2.64 bits per heavy atom. The molecular formula is C21H27N3O3S. The van der Waals surface area contributed by atoms with Gasteiger partial charge in [0.1, 0.15) is 5.76 Å². The van der Waals surface area contributed by atoms with Gasteiger partial charge in [0.05, 0.1) is 12.8 Å². The quantitative estimate of drug-likeness (QED) is 0.406. The molecule has 0 saturated heterocycles. The normalized spacial score (nSPS) is 10.3. The molecule has 0 radical (unpaired) electrons. The molecule has 1 heterocycles. The molecule has 0 aliphatic carbocycles. The molecule has 6 nitrogen and oxygen atoms in total. The molecule has 1 aromatic carbocycles. The average molecular weight is 402 g/mol. The van der Waals surface area contributed by atoms with E-state index >= 15 is 0 Å². The number of nitrogens with one attached hydrogen (secondary N) is 3. The Labute approximate surface area is 171 Å². The van der Waals surface area contributed by atoms with Crippen LogP contribution in [0.1, 0.15) is 61.6 Å². The van der Waals surface area contributed by atoms with Gasteiger partial charge >= 0.3 is 0 Å². The van der Waals surface area contributed by atoms with Crippen molar-refractivity contribution in [3.63, 3.8) is 0 Å². The van der Waals surface area contributed by atoms with Crippen LogP contribution in [0.15, 0.2) is 47.1 Å². The van der Waals surface area contributed by atoms with Gasteiger partial charge < -0.3 is 20.4 Å². The van der Waals surface area contributed by atoms with E-state index in [1.54, 1.807) is 42.7 Å². The van der Waals surface area contributed by atoms with E-state index in [0.29, 0.717) is 30.0 Å². The first kappa shape index (κ1) is 21.6. The zero-order chi connectivity index (χ0) is 20.2. The van der Waals surface area contributed by atoms with Gasteiger partial charge in [0.25, 0.3) is 5.91 Å².